The number of unbranched alkanes of at least 4 members (excludes halogenated alkanes) is 1. The van der Waals surface area contributed by atoms with Gasteiger partial charge in [-0.25, -0.2) is 4.79 Å². The zero-order chi connectivity index (χ0) is 11.0. The Morgan fingerprint density at radius 3 is 2.64 bits per heavy atom. The van der Waals surface area contributed by atoms with Gasteiger partial charge in [-0.2, -0.15) is 0 Å². The monoisotopic (exact) mass is 200 g/mol. The van der Waals surface area contributed by atoms with Gasteiger partial charge in [0, 0.05) is 12.2 Å². The van der Waals surface area contributed by atoms with E-state index in [4.69, 9.17) is 9.84 Å². The van der Waals surface area contributed by atoms with Gasteiger partial charge in [-0.3, -0.25) is 0 Å². The van der Waals surface area contributed by atoms with Gasteiger partial charge in [-0.05, 0) is 40.0 Å². The summed E-state index contributed by atoms with van der Waals surface area (Å²) in [6.45, 7) is 5.63. The number of ether oxygens (including phenoxy) is 1. The SMILES string of the molecule is CC=C(C)C(=O)OC(C)CCCCO. The number of carbonyl (C=O) groups excluding carboxylic acids is 1. The summed E-state index contributed by atoms with van der Waals surface area (Å²) < 4.78 is 5.16. The topological polar surface area (TPSA) is 46.5 Å². The lowest BCUT2D eigenvalue weighted by Gasteiger charge is -2.12. The molecule has 0 saturated carbocycles. The van der Waals surface area contributed by atoms with E-state index in [-0.39, 0.29) is 18.7 Å². The van der Waals surface area contributed by atoms with Crippen LogP contribution in [0.4, 0.5) is 0 Å². The highest BCUT2D eigenvalue weighted by Gasteiger charge is 2.09. The maximum Gasteiger partial charge on any atom is 0.333 e. The second kappa shape index (κ2) is 7.56. The number of rotatable bonds is 6. The van der Waals surface area contributed by atoms with Gasteiger partial charge in [0.05, 0.1) is 6.10 Å². The van der Waals surface area contributed by atoms with E-state index in [0.29, 0.717) is 5.57 Å². The molecule has 1 unspecified atom stereocenters. The van der Waals surface area contributed by atoms with Crippen molar-refractivity contribution in [3.8, 4) is 0 Å². The molecule has 0 aromatic heterocycles. The van der Waals surface area contributed by atoms with Gasteiger partial charge >= 0.3 is 5.97 Å². The number of aliphatic hydroxyl groups excluding tert-OH is 1. The van der Waals surface area contributed by atoms with E-state index >= 15 is 0 Å². The molecule has 0 aromatic carbocycles. The van der Waals surface area contributed by atoms with E-state index in [9.17, 15) is 4.79 Å². The Morgan fingerprint density at radius 2 is 2.14 bits per heavy atom. The average Bonchev–Trinajstić information content (AvgIpc) is 2.16. The molecule has 14 heavy (non-hydrogen) atoms. The third kappa shape index (κ3) is 5.75. The first-order valence-corrected chi connectivity index (χ1v) is 5.06. The van der Waals surface area contributed by atoms with Crippen LogP contribution < -0.4 is 0 Å². The van der Waals surface area contributed by atoms with Crippen LogP contribution in [0.5, 0.6) is 0 Å². The number of hydrogen-bond acceptors (Lipinski definition) is 3. The lowest BCUT2D eigenvalue weighted by Crippen LogP contribution is -2.15. The fourth-order valence-corrected chi connectivity index (χ4v) is 0.996. The lowest BCUT2D eigenvalue weighted by molar-refractivity contribution is -0.143. The molecule has 1 N–H and O–H groups in total. The van der Waals surface area contributed by atoms with Crippen LogP contribution in [0.2, 0.25) is 0 Å². The van der Waals surface area contributed by atoms with Crippen LogP contribution in [-0.2, 0) is 9.53 Å². The molecule has 3 heteroatoms. The molecular formula is C11H20O3. The molecular weight excluding hydrogens is 180 g/mol. The van der Waals surface area contributed by atoms with Crippen molar-refractivity contribution < 1.29 is 14.6 Å². The quantitative estimate of drug-likeness (QED) is 0.405. The minimum Gasteiger partial charge on any atom is -0.459 e. The van der Waals surface area contributed by atoms with E-state index < -0.39 is 0 Å². The van der Waals surface area contributed by atoms with Gasteiger partial charge in [0.25, 0.3) is 0 Å². The molecule has 0 amide bonds. The van der Waals surface area contributed by atoms with Gasteiger partial charge in [-0.15, -0.1) is 0 Å². The van der Waals surface area contributed by atoms with Crippen LogP contribution in [-0.4, -0.2) is 23.8 Å². The second-order valence-electron chi connectivity index (χ2n) is 3.41. The van der Waals surface area contributed by atoms with Crippen molar-refractivity contribution in [2.75, 3.05) is 6.61 Å². The molecule has 3 nitrogen and oxygen atoms in total. The minimum absolute atomic E-state index is 0.0658. The highest BCUT2D eigenvalue weighted by atomic mass is 16.5. The van der Waals surface area contributed by atoms with E-state index in [1.165, 1.54) is 0 Å². The van der Waals surface area contributed by atoms with Crippen LogP contribution >= 0.6 is 0 Å². The van der Waals surface area contributed by atoms with Gasteiger partial charge in [0.1, 0.15) is 0 Å². The molecule has 0 fully saturated rings. The smallest absolute Gasteiger partial charge is 0.333 e. The van der Waals surface area contributed by atoms with Crippen molar-refractivity contribution >= 4 is 5.97 Å². The van der Waals surface area contributed by atoms with E-state index in [1.54, 1.807) is 13.0 Å². The molecule has 0 aliphatic carbocycles. The molecule has 0 aromatic rings. The normalized spacial score (nSPS) is 13.9. The van der Waals surface area contributed by atoms with Gasteiger partial charge in [0.15, 0.2) is 0 Å². The lowest BCUT2D eigenvalue weighted by atomic mass is 10.2. The highest BCUT2D eigenvalue weighted by molar-refractivity contribution is 5.87. The summed E-state index contributed by atoms with van der Waals surface area (Å²) in [5, 5.41) is 8.57. The van der Waals surface area contributed by atoms with Crippen LogP contribution in [0.1, 0.15) is 40.0 Å². The summed E-state index contributed by atoms with van der Waals surface area (Å²) in [7, 11) is 0. The van der Waals surface area contributed by atoms with Crippen LogP contribution in [0, 0.1) is 0 Å². The standard InChI is InChI=1S/C11H20O3/c1-4-9(2)11(13)14-10(3)7-5-6-8-12/h4,10,12H,5-8H2,1-3H3. The average molecular weight is 200 g/mol. The molecule has 0 rings (SSSR count). The van der Waals surface area contributed by atoms with Crippen molar-refractivity contribution in [2.45, 2.75) is 46.1 Å². The molecule has 0 saturated heterocycles. The molecule has 0 spiro atoms. The molecule has 82 valence electrons. The molecule has 0 radical (unpaired) electrons. The number of hydrogen-bond donors (Lipinski definition) is 1. The Morgan fingerprint density at radius 1 is 1.50 bits per heavy atom. The molecule has 0 aliphatic rings. The fraction of sp³-hybridized carbons (Fsp3) is 0.727. The van der Waals surface area contributed by atoms with E-state index in [0.717, 1.165) is 19.3 Å². The van der Waals surface area contributed by atoms with Crippen LogP contribution in [0.3, 0.4) is 0 Å². The van der Waals surface area contributed by atoms with E-state index in [1.807, 2.05) is 13.8 Å². The highest BCUT2D eigenvalue weighted by Crippen LogP contribution is 2.07. The predicted molar refractivity (Wildman–Crippen MR) is 55.9 cm³/mol. The Kier molecular flexibility index (Phi) is 7.11. The van der Waals surface area contributed by atoms with Crippen molar-refractivity contribution in [3.63, 3.8) is 0 Å². The second-order valence-corrected chi connectivity index (χ2v) is 3.41. The largest absolute Gasteiger partial charge is 0.459 e. The Bertz CT molecular complexity index is 197. The van der Waals surface area contributed by atoms with Gasteiger partial charge < -0.3 is 9.84 Å². The molecule has 0 bridgehead atoms. The summed E-state index contributed by atoms with van der Waals surface area (Å²) in [5.41, 5.74) is 0.638. The Hall–Kier alpha value is -0.830. The number of allylic oxidation sites excluding steroid dienone is 1. The number of esters is 1. The Balaban J connectivity index is 3.71. The van der Waals surface area contributed by atoms with Crippen molar-refractivity contribution in [1.82, 2.24) is 0 Å². The van der Waals surface area contributed by atoms with Gasteiger partial charge in [0.2, 0.25) is 0 Å². The maximum absolute atomic E-state index is 11.3. The fourth-order valence-electron chi connectivity index (χ4n) is 0.996. The van der Waals surface area contributed by atoms with Crippen molar-refractivity contribution in [3.05, 3.63) is 11.6 Å². The maximum atomic E-state index is 11.3. The first kappa shape index (κ1) is 13.2. The van der Waals surface area contributed by atoms with Gasteiger partial charge in [-0.1, -0.05) is 6.08 Å². The third-order valence-corrected chi connectivity index (χ3v) is 2.08. The van der Waals surface area contributed by atoms with Crippen LogP contribution in [0.25, 0.3) is 0 Å². The molecule has 0 heterocycles. The van der Waals surface area contributed by atoms with Crippen molar-refractivity contribution in [2.24, 2.45) is 0 Å². The summed E-state index contributed by atoms with van der Waals surface area (Å²) in [6, 6.07) is 0. The van der Waals surface area contributed by atoms with Crippen LogP contribution in [0.15, 0.2) is 11.6 Å². The summed E-state index contributed by atoms with van der Waals surface area (Å²) >= 11 is 0. The van der Waals surface area contributed by atoms with Crippen molar-refractivity contribution in [1.29, 1.82) is 0 Å². The summed E-state index contributed by atoms with van der Waals surface area (Å²) in [5.74, 6) is -0.246. The Labute approximate surface area is 85.8 Å². The predicted octanol–water partition coefficient (Wildman–Crippen LogP) is 2.05. The zero-order valence-electron chi connectivity index (χ0n) is 9.25. The first-order chi connectivity index (χ1) is 6.61. The summed E-state index contributed by atoms with van der Waals surface area (Å²) in [6.07, 6.45) is 4.14. The number of aliphatic hydroxyl groups is 1. The first-order valence-electron chi connectivity index (χ1n) is 5.06. The number of carbonyl (C=O) groups is 1. The third-order valence-electron chi connectivity index (χ3n) is 2.08. The summed E-state index contributed by atoms with van der Waals surface area (Å²) in [4.78, 5) is 11.3. The minimum atomic E-state index is -0.246. The molecule has 1 atom stereocenters. The molecule has 0 aliphatic heterocycles. The zero-order valence-corrected chi connectivity index (χ0v) is 9.25. The van der Waals surface area contributed by atoms with E-state index in [2.05, 4.69) is 0 Å².